The van der Waals surface area contributed by atoms with Gasteiger partial charge in [-0.2, -0.15) is 0 Å². The maximum absolute atomic E-state index is 14.6. The second kappa shape index (κ2) is 16.5. The molecule has 0 saturated heterocycles. The first kappa shape index (κ1) is 36.3. The van der Waals surface area contributed by atoms with Gasteiger partial charge in [-0.3, -0.25) is 13.9 Å². The Bertz CT molecular complexity index is 1780. The highest BCUT2D eigenvalue weighted by atomic mass is 35.5. The Morgan fingerprint density at radius 3 is 2.08 bits per heavy atom. The van der Waals surface area contributed by atoms with Gasteiger partial charge < -0.3 is 19.7 Å². The van der Waals surface area contributed by atoms with Crippen LogP contribution in [0.4, 0.5) is 5.69 Å². The molecule has 0 bridgehead atoms. The van der Waals surface area contributed by atoms with Crippen LogP contribution in [0, 0.1) is 12.8 Å². The van der Waals surface area contributed by atoms with Crippen LogP contribution in [0.1, 0.15) is 30.5 Å². The van der Waals surface area contributed by atoms with Gasteiger partial charge in [-0.15, -0.1) is 0 Å². The van der Waals surface area contributed by atoms with Gasteiger partial charge in [0.1, 0.15) is 12.6 Å². The molecule has 4 aromatic rings. The summed E-state index contributed by atoms with van der Waals surface area (Å²) in [6, 6.07) is 26.6. The van der Waals surface area contributed by atoms with E-state index in [2.05, 4.69) is 5.32 Å². The molecule has 0 saturated carbocycles. The first-order chi connectivity index (χ1) is 22.9. The molecule has 1 atom stereocenters. The number of benzene rings is 4. The largest absolute Gasteiger partial charge is 0.493 e. The van der Waals surface area contributed by atoms with E-state index in [9.17, 15) is 18.0 Å². The molecule has 4 rings (SSSR count). The molecule has 0 aliphatic heterocycles. The van der Waals surface area contributed by atoms with Crippen molar-refractivity contribution in [2.75, 3.05) is 31.6 Å². The number of hydrogen-bond donors (Lipinski definition) is 1. The number of ether oxygens (including phenoxy) is 2. The van der Waals surface area contributed by atoms with E-state index in [0.29, 0.717) is 23.0 Å². The third kappa shape index (κ3) is 9.29. The fourth-order valence-corrected chi connectivity index (χ4v) is 6.66. The normalized spacial score (nSPS) is 11.9. The number of sulfonamides is 1. The van der Waals surface area contributed by atoms with Crippen molar-refractivity contribution in [3.05, 3.63) is 119 Å². The minimum Gasteiger partial charge on any atom is -0.493 e. The lowest BCUT2D eigenvalue weighted by atomic mass is 10.0. The molecule has 0 unspecified atom stereocenters. The van der Waals surface area contributed by atoms with Gasteiger partial charge in [0.05, 0.1) is 24.8 Å². The highest BCUT2D eigenvalue weighted by molar-refractivity contribution is 7.92. The van der Waals surface area contributed by atoms with Crippen molar-refractivity contribution in [3.63, 3.8) is 0 Å². The minimum absolute atomic E-state index is 0.0424. The molecule has 0 fully saturated rings. The summed E-state index contributed by atoms with van der Waals surface area (Å²) in [4.78, 5) is 29.9. The smallest absolute Gasteiger partial charge is 0.264 e. The number of carbonyl (C=O) groups is 2. The topological polar surface area (TPSA) is 105 Å². The highest BCUT2D eigenvalue weighted by Crippen LogP contribution is 2.32. The van der Waals surface area contributed by atoms with Crippen LogP contribution in [0.25, 0.3) is 0 Å². The van der Waals surface area contributed by atoms with E-state index in [1.165, 1.54) is 37.3 Å². The van der Waals surface area contributed by atoms with Crippen molar-refractivity contribution in [1.82, 2.24) is 10.2 Å². The predicted molar refractivity (Wildman–Crippen MR) is 189 cm³/mol. The fraction of sp³-hybridized carbons (Fsp3) is 0.297. The van der Waals surface area contributed by atoms with Crippen molar-refractivity contribution < 1.29 is 27.5 Å². The molecule has 4 aromatic carbocycles. The molecule has 0 spiro atoms. The minimum atomic E-state index is -4.33. The van der Waals surface area contributed by atoms with Gasteiger partial charge in [0.25, 0.3) is 10.0 Å². The fourth-order valence-electron chi connectivity index (χ4n) is 5.11. The zero-order valence-electron chi connectivity index (χ0n) is 27.9. The lowest BCUT2D eigenvalue weighted by Gasteiger charge is -2.34. The molecule has 254 valence electrons. The summed E-state index contributed by atoms with van der Waals surface area (Å²) >= 11 is 6.16. The van der Waals surface area contributed by atoms with E-state index in [0.717, 1.165) is 21.0 Å². The molecule has 0 heterocycles. The van der Waals surface area contributed by atoms with Crippen LogP contribution in [0.5, 0.6) is 11.5 Å². The summed E-state index contributed by atoms with van der Waals surface area (Å²) in [5.41, 5.74) is 2.79. The zero-order valence-corrected chi connectivity index (χ0v) is 29.4. The van der Waals surface area contributed by atoms with Crippen LogP contribution < -0.4 is 19.1 Å². The monoisotopic (exact) mass is 691 g/mol. The number of rotatable bonds is 15. The van der Waals surface area contributed by atoms with E-state index >= 15 is 0 Å². The first-order valence-corrected chi connectivity index (χ1v) is 17.4. The summed E-state index contributed by atoms with van der Waals surface area (Å²) in [6.07, 6.45) is 0.219. The van der Waals surface area contributed by atoms with Gasteiger partial charge >= 0.3 is 0 Å². The number of amides is 2. The van der Waals surface area contributed by atoms with Gasteiger partial charge in [-0.05, 0) is 60.4 Å². The van der Waals surface area contributed by atoms with Crippen molar-refractivity contribution >= 4 is 39.1 Å². The molecular formula is C37H42ClN3O6S. The Balaban J connectivity index is 1.81. The van der Waals surface area contributed by atoms with Crippen LogP contribution in [-0.4, -0.2) is 58.5 Å². The summed E-state index contributed by atoms with van der Waals surface area (Å²) in [5, 5.41) is 3.52. The quantitative estimate of drug-likeness (QED) is 0.158. The number of carbonyl (C=O) groups excluding carboxylic acids is 2. The van der Waals surface area contributed by atoms with Gasteiger partial charge in [-0.25, -0.2) is 8.42 Å². The van der Waals surface area contributed by atoms with Crippen molar-refractivity contribution in [3.8, 4) is 11.5 Å². The SMILES string of the molecule is COc1ccc(S(=O)(=O)N(CC(=O)N(Cc2ccc(Cl)cc2)[C@H](Cc2ccccc2)C(=O)NCC(C)C)c2ccc(C)cc2)cc1OC. The second-order valence-electron chi connectivity index (χ2n) is 11.9. The lowest BCUT2D eigenvalue weighted by Crippen LogP contribution is -2.53. The van der Waals surface area contributed by atoms with Gasteiger partial charge in [-0.1, -0.05) is 85.6 Å². The molecule has 48 heavy (non-hydrogen) atoms. The molecular weight excluding hydrogens is 650 g/mol. The van der Waals surface area contributed by atoms with Crippen LogP contribution in [0.3, 0.4) is 0 Å². The van der Waals surface area contributed by atoms with Gasteiger partial charge in [0.15, 0.2) is 11.5 Å². The van der Waals surface area contributed by atoms with E-state index < -0.39 is 28.5 Å². The molecule has 2 amide bonds. The average Bonchev–Trinajstić information content (AvgIpc) is 3.08. The van der Waals surface area contributed by atoms with E-state index in [-0.39, 0.29) is 35.4 Å². The zero-order chi connectivity index (χ0) is 34.8. The van der Waals surface area contributed by atoms with Crippen LogP contribution in [-0.2, 0) is 32.6 Å². The molecule has 0 radical (unpaired) electrons. The van der Waals surface area contributed by atoms with E-state index in [1.807, 2.05) is 51.1 Å². The van der Waals surface area contributed by atoms with E-state index in [4.69, 9.17) is 21.1 Å². The summed E-state index contributed by atoms with van der Waals surface area (Å²) in [5.74, 6) is -0.132. The first-order valence-electron chi connectivity index (χ1n) is 15.6. The lowest BCUT2D eigenvalue weighted by molar-refractivity contribution is -0.140. The average molecular weight is 692 g/mol. The van der Waals surface area contributed by atoms with Crippen LogP contribution in [0.2, 0.25) is 5.02 Å². The highest BCUT2D eigenvalue weighted by Gasteiger charge is 2.35. The molecule has 9 nitrogen and oxygen atoms in total. The van der Waals surface area contributed by atoms with E-state index in [1.54, 1.807) is 48.5 Å². The predicted octanol–water partition coefficient (Wildman–Crippen LogP) is 6.27. The Morgan fingerprint density at radius 2 is 1.48 bits per heavy atom. The second-order valence-corrected chi connectivity index (χ2v) is 14.2. The molecule has 1 N–H and O–H groups in total. The van der Waals surface area contributed by atoms with Gasteiger partial charge in [0.2, 0.25) is 11.8 Å². The van der Waals surface area contributed by atoms with Crippen molar-refractivity contribution in [1.29, 1.82) is 0 Å². The number of nitrogens with zero attached hydrogens (tertiary/aromatic N) is 2. The van der Waals surface area contributed by atoms with Crippen LogP contribution in [0.15, 0.2) is 102 Å². The summed E-state index contributed by atoms with van der Waals surface area (Å²) in [7, 11) is -1.45. The molecule has 0 aromatic heterocycles. The number of aryl methyl sites for hydroxylation is 1. The number of nitrogens with one attached hydrogen (secondary N) is 1. The third-order valence-corrected chi connectivity index (χ3v) is 9.79. The molecule has 0 aliphatic carbocycles. The Hall–Kier alpha value is -4.54. The van der Waals surface area contributed by atoms with Crippen LogP contribution >= 0.6 is 11.6 Å². The summed E-state index contributed by atoms with van der Waals surface area (Å²) < 4.78 is 40.5. The maximum atomic E-state index is 14.6. The number of hydrogen-bond acceptors (Lipinski definition) is 6. The Kier molecular flexibility index (Phi) is 12.5. The Morgan fingerprint density at radius 1 is 0.833 bits per heavy atom. The van der Waals surface area contributed by atoms with Crippen molar-refractivity contribution in [2.24, 2.45) is 5.92 Å². The maximum Gasteiger partial charge on any atom is 0.264 e. The Labute approximate surface area is 288 Å². The van der Waals surface area contributed by atoms with Crippen molar-refractivity contribution in [2.45, 2.75) is 44.7 Å². The third-order valence-electron chi connectivity index (χ3n) is 7.77. The number of anilines is 1. The van der Waals surface area contributed by atoms with Gasteiger partial charge in [0, 0.05) is 30.6 Å². The number of halogens is 1. The standard InChI is InChI=1S/C37H42ClN3O6S/c1-26(2)23-39-37(43)33(21-28-9-7-6-8-10-28)40(24-29-13-15-30(38)16-14-29)36(42)25-41(31-17-11-27(3)12-18-31)48(44,45)32-19-20-34(46-4)35(22-32)47-5/h6-20,22,26,33H,21,23-25H2,1-5H3,(H,39,43)/t33-/m1/s1. The number of methoxy groups -OCH3 is 2. The molecule has 0 aliphatic rings. The molecule has 11 heteroatoms. The summed E-state index contributed by atoms with van der Waals surface area (Å²) in [6.45, 7) is 5.75.